The van der Waals surface area contributed by atoms with E-state index in [1.165, 1.54) is 0 Å². The molecule has 1 fully saturated rings. The van der Waals surface area contributed by atoms with Crippen LogP contribution in [0.1, 0.15) is 87.9 Å². The van der Waals surface area contributed by atoms with Crippen LogP contribution in [0.3, 0.4) is 0 Å². The molecule has 1 aromatic heterocycles. The van der Waals surface area contributed by atoms with E-state index in [4.69, 9.17) is 4.42 Å². The Balaban J connectivity index is 1.63. The summed E-state index contributed by atoms with van der Waals surface area (Å²) in [6.07, 6.45) is 3.79. The van der Waals surface area contributed by atoms with Gasteiger partial charge in [-0.1, -0.05) is 19.1 Å². The molecule has 2 heterocycles. The van der Waals surface area contributed by atoms with Crippen molar-refractivity contribution >= 4 is 17.7 Å². The van der Waals surface area contributed by atoms with Gasteiger partial charge in [0.15, 0.2) is 0 Å². The number of nitriles is 1. The first-order valence-corrected chi connectivity index (χ1v) is 15.2. The van der Waals surface area contributed by atoms with Crippen molar-refractivity contribution < 1.29 is 18.8 Å². The summed E-state index contributed by atoms with van der Waals surface area (Å²) < 4.78 is 6.36. The minimum atomic E-state index is -0.942. The highest BCUT2D eigenvalue weighted by atomic mass is 16.4. The normalized spacial score (nSPS) is 17.5. The Bertz CT molecular complexity index is 1540. The molecule has 2 aromatic carbocycles. The van der Waals surface area contributed by atoms with E-state index < -0.39 is 5.41 Å². The number of nitrogens with zero attached hydrogens (tertiary/aromatic N) is 4. The zero-order valence-electron chi connectivity index (χ0n) is 25.7. The summed E-state index contributed by atoms with van der Waals surface area (Å²) in [4.78, 5) is 40.1. The highest BCUT2D eigenvalue weighted by Crippen LogP contribution is 2.48. The predicted molar refractivity (Wildman–Crippen MR) is 163 cm³/mol. The maximum absolute atomic E-state index is 13.1. The van der Waals surface area contributed by atoms with Gasteiger partial charge in [0.05, 0.1) is 12.6 Å². The molecule has 11 heteroatoms. The molecule has 0 spiro atoms. The Kier molecular flexibility index (Phi) is 9.11. The van der Waals surface area contributed by atoms with Gasteiger partial charge in [-0.05, 0) is 85.5 Å². The lowest BCUT2D eigenvalue weighted by Gasteiger charge is -2.36. The van der Waals surface area contributed by atoms with Crippen LogP contribution in [-0.2, 0) is 29.5 Å². The molecule has 2 aliphatic rings. The minimum absolute atomic E-state index is 0.0877. The number of carbonyl (C=O) groups is 3. The number of amides is 3. The number of fused-ring (bicyclic) bond motifs is 2. The average Bonchev–Trinajstić information content (AvgIpc) is 3.72. The van der Waals surface area contributed by atoms with Gasteiger partial charge >= 0.3 is 0 Å². The van der Waals surface area contributed by atoms with Gasteiger partial charge in [0, 0.05) is 44.2 Å². The third kappa shape index (κ3) is 5.69. The Morgan fingerprint density at radius 1 is 1.05 bits per heavy atom. The molecule has 0 radical (unpaired) electrons. The topological polar surface area (TPSA) is 153 Å². The zero-order valence-corrected chi connectivity index (χ0v) is 25.7. The molecule has 2 atom stereocenters. The molecular weight excluding hydrogens is 558 g/mol. The van der Waals surface area contributed by atoms with Crippen molar-refractivity contribution in [3.8, 4) is 6.07 Å². The number of carbonyl (C=O) groups excluding carboxylic acids is 3. The number of hydrogen-bond donors (Lipinski definition) is 3. The Hall–Kier alpha value is -4.56. The number of aryl methyl sites for hydroxylation is 3. The van der Waals surface area contributed by atoms with E-state index in [1.54, 1.807) is 19.0 Å². The molecule has 0 bridgehead atoms. The molecule has 230 valence electrons. The van der Waals surface area contributed by atoms with Gasteiger partial charge in [0.2, 0.25) is 17.7 Å². The van der Waals surface area contributed by atoms with Crippen LogP contribution in [0.5, 0.6) is 0 Å². The molecule has 1 aliphatic carbocycles. The highest BCUT2D eigenvalue weighted by molar-refractivity contribution is 5.95. The van der Waals surface area contributed by atoms with Crippen LogP contribution in [0.2, 0.25) is 0 Å². The summed E-state index contributed by atoms with van der Waals surface area (Å²) in [5, 5.41) is 27.2. The van der Waals surface area contributed by atoms with Gasteiger partial charge in [0.25, 0.3) is 11.8 Å². The van der Waals surface area contributed by atoms with Crippen molar-refractivity contribution in [3.05, 3.63) is 81.6 Å². The van der Waals surface area contributed by atoms with Gasteiger partial charge in [-0.15, -0.1) is 10.2 Å². The van der Waals surface area contributed by atoms with Crippen molar-refractivity contribution in [3.63, 3.8) is 0 Å². The SMILES string of the molecule is CCc1nnc(C2(C[C@H](C)NCC(=O)N3CCCC3C#N)c3ccc(C(=O)NC)cc3CCc3cc(C(=O)NC)ccc32)o1. The molecule has 3 N–H and O–H groups in total. The second-order valence-corrected chi connectivity index (χ2v) is 11.5. The van der Waals surface area contributed by atoms with E-state index in [2.05, 4.69) is 32.2 Å². The van der Waals surface area contributed by atoms with Gasteiger partial charge < -0.3 is 25.3 Å². The van der Waals surface area contributed by atoms with Crippen molar-refractivity contribution in [2.75, 3.05) is 27.2 Å². The maximum atomic E-state index is 13.1. The fourth-order valence-corrected chi connectivity index (χ4v) is 6.62. The molecule has 3 amide bonds. The largest absolute Gasteiger partial charge is 0.424 e. The van der Waals surface area contributed by atoms with Gasteiger partial charge in [0.1, 0.15) is 11.5 Å². The number of rotatable bonds is 9. The molecule has 11 nitrogen and oxygen atoms in total. The molecule has 3 aromatic rings. The fourth-order valence-electron chi connectivity index (χ4n) is 6.62. The first-order valence-electron chi connectivity index (χ1n) is 15.2. The summed E-state index contributed by atoms with van der Waals surface area (Å²) in [5.41, 5.74) is 3.97. The third-order valence-corrected chi connectivity index (χ3v) is 8.84. The molecule has 1 unspecified atom stereocenters. The minimum Gasteiger partial charge on any atom is -0.424 e. The van der Waals surface area contributed by atoms with E-state index in [9.17, 15) is 19.6 Å². The number of aromatic nitrogens is 2. The molecule has 1 aliphatic heterocycles. The van der Waals surface area contributed by atoms with Gasteiger partial charge in [-0.3, -0.25) is 14.4 Å². The first kappa shape index (κ1) is 30.9. The standard InChI is InChI=1S/C33H39N7O4/c1-5-28-38-39-32(44-28)33(17-20(2)37-19-29(41)40-14-6-7-25(40)18-34)26-12-10-23(30(42)35-3)15-21(26)8-9-22-16-24(31(43)36-4)11-13-27(22)33/h10-13,15-16,20,25,37H,5-9,14,17,19H2,1-4H3,(H,35,42)(H,36,43)/t20-,25?/m0/s1. The van der Waals surface area contributed by atoms with Crippen LogP contribution in [-0.4, -0.2) is 72.1 Å². The van der Waals surface area contributed by atoms with Crippen LogP contribution in [0, 0.1) is 11.3 Å². The van der Waals surface area contributed by atoms with Gasteiger partial charge in [-0.25, -0.2) is 0 Å². The number of hydrogen-bond acceptors (Lipinski definition) is 8. The van der Waals surface area contributed by atoms with Crippen LogP contribution >= 0.6 is 0 Å². The number of nitrogens with one attached hydrogen (secondary N) is 3. The Morgan fingerprint density at radius 2 is 1.66 bits per heavy atom. The Morgan fingerprint density at radius 3 is 2.18 bits per heavy atom. The van der Waals surface area contributed by atoms with Crippen LogP contribution in [0.25, 0.3) is 0 Å². The second-order valence-electron chi connectivity index (χ2n) is 11.5. The van der Waals surface area contributed by atoms with Crippen LogP contribution < -0.4 is 16.0 Å². The van der Waals surface area contributed by atoms with E-state index in [-0.39, 0.29) is 36.3 Å². The van der Waals surface area contributed by atoms with Crippen LogP contribution in [0.15, 0.2) is 40.8 Å². The lowest BCUT2D eigenvalue weighted by Crippen LogP contribution is -2.45. The molecule has 44 heavy (non-hydrogen) atoms. The van der Waals surface area contributed by atoms with E-state index in [0.717, 1.165) is 28.7 Å². The number of benzene rings is 2. The predicted octanol–water partition coefficient (Wildman–Crippen LogP) is 2.67. The summed E-state index contributed by atoms with van der Waals surface area (Å²) in [6, 6.07) is 13.0. The summed E-state index contributed by atoms with van der Waals surface area (Å²) in [7, 11) is 3.21. The Labute approximate surface area is 257 Å². The molecule has 5 rings (SSSR count). The molecular formula is C33H39N7O4. The fraction of sp³-hybridized carbons (Fsp3) is 0.455. The van der Waals surface area contributed by atoms with E-state index >= 15 is 0 Å². The lowest BCUT2D eigenvalue weighted by molar-refractivity contribution is -0.130. The molecule has 0 saturated carbocycles. The van der Waals surface area contributed by atoms with Gasteiger partial charge in [-0.2, -0.15) is 5.26 Å². The monoisotopic (exact) mass is 597 g/mol. The number of likely N-dealkylation sites (tertiary alicyclic amines) is 1. The molecule has 1 saturated heterocycles. The smallest absolute Gasteiger partial charge is 0.251 e. The van der Waals surface area contributed by atoms with E-state index in [0.29, 0.717) is 61.6 Å². The summed E-state index contributed by atoms with van der Waals surface area (Å²) in [6.45, 7) is 4.64. The van der Waals surface area contributed by atoms with Crippen molar-refractivity contribution in [1.29, 1.82) is 5.26 Å². The second kappa shape index (κ2) is 13.0. The van der Waals surface area contributed by atoms with Crippen LogP contribution in [0.4, 0.5) is 0 Å². The van der Waals surface area contributed by atoms with Crippen molar-refractivity contribution in [1.82, 2.24) is 31.0 Å². The van der Waals surface area contributed by atoms with E-state index in [1.807, 2.05) is 50.2 Å². The quantitative estimate of drug-likeness (QED) is 0.340. The maximum Gasteiger partial charge on any atom is 0.251 e. The third-order valence-electron chi connectivity index (χ3n) is 8.84. The zero-order chi connectivity index (χ0) is 31.4. The summed E-state index contributed by atoms with van der Waals surface area (Å²) >= 11 is 0. The highest BCUT2D eigenvalue weighted by Gasteiger charge is 2.47. The van der Waals surface area contributed by atoms with Crippen molar-refractivity contribution in [2.24, 2.45) is 0 Å². The first-order chi connectivity index (χ1) is 21.2. The van der Waals surface area contributed by atoms with Crippen molar-refractivity contribution in [2.45, 2.75) is 69.9 Å². The summed E-state index contributed by atoms with van der Waals surface area (Å²) in [5.74, 6) is 0.456. The average molecular weight is 598 g/mol. The lowest BCUT2D eigenvalue weighted by atomic mass is 9.68.